The molecular formula is C19H24F3NOSi. The van der Waals surface area contributed by atoms with Gasteiger partial charge in [0.15, 0.2) is 0 Å². The molecule has 0 aliphatic heterocycles. The molecule has 0 bridgehead atoms. The monoisotopic (exact) mass is 367 g/mol. The van der Waals surface area contributed by atoms with Gasteiger partial charge in [-0.25, -0.2) is 0 Å². The van der Waals surface area contributed by atoms with Crippen LogP contribution in [0.5, 0.6) is 5.75 Å². The first-order valence-electron chi connectivity index (χ1n) is 8.29. The lowest BCUT2D eigenvalue weighted by Crippen LogP contribution is -2.42. The zero-order valence-corrected chi connectivity index (χ0v) is 15.7. The zero-order chi connectivity index (χ0) is 18.5. The lowest BCUT2D eigenvalue weighted by atomic mass is 10.1. The fourth-order valence-electron chi connectivity index (χ4n) is 2.43. The van der Waals surface area contributed by atoms with Crippen LogP contribution in [0.1, 0.15) is 23.7 Å². The molecule has 0 aromatic heterocycles. The standard InChI is InChI=1S/C19H24F3NOSi/c1-25(2,3)23-14-13-18(15-7-5-4-6-8-15)24-17-11-9-16(10-12-17)19(20,21)22/h4-12,18,23H,13-14H2,1-3H3. The number of nitrogens with one attached hydrogen (secondary N) is 1. The lowest BCUT2D eigenvalue weighted by molar-refractivity contribution is -0.137. The Morgan fingerprint density at radius 1 is 0.960 bits per heavy atom. The van der Waals surface area contributed by atoms with E-state index in [0.29, 0.717) is 5.75 Å². The van der Waals surface area contributed by atoms with Crippen LogP contribution in [0.2, 0.25) is 19.6 Å². The number of benzene rings is 2. The Balaban J connectivity index is 2.10. The van der Waals surface area contributed by atoms with Gasteiger partial charge in [-0.1, -0.05) is 50.0 Å². The highest BCUT2D eigenvalue weighted by atomic mass is 28.3. The Hall–Kier alpha value is -1.79. The third-order valence-corrected chi connectivity index (χ3v) is 5.00. The Morgan fingerprint density at radius 3 is 2.08 bits per heavy atom. The van der Waals surface area contributed by atoms with Gasteiger partial charge in [0.25, 0.3) is 0 Å². The van der Waals surface area contributed by atoms with Gasteiger partial charge in [0, 0.05) is 6.42 Å². The number of rotatable bonds is 7. The van der Waals surface area contributed by atoms with Crippen molar-refractivity contribution in [2.45, 2.75) is 38.3 Å². The molecular weight excluding hydrogens is 343 g/mol. The van der Waals surface area contributed by atoms with Crippen LogP contribution >= 0.6 is 0 Å². The van der Waals surface area contributed by atoms with Crippen molar-refractivity contribution >= 4 is 8.24 Å². The van der Waals surface area contributed by atoms with Gasteiger partial charge in [-0.15, -0.1) is 0 Å². The van der Waals surface area contributed by atoms with Gasteiger partial charge in [-0.05, 0) is 36.4 Å². The van der Waals surface area contributed by atoms with E-state index in [2.05, 4.69) is 24.6 Å². The molecule has 136 valence electrons. The number of hydrogen-bond acceptors (Lipinski definition) is 2. The molecule has 6 heteroatoms. The van der Waals surface area contributed by atoms with E-state index in [4.69, 9.17) is 4.74 Å². The van der Waals surface area contributed by atoms with E-state index in [1.807, 2.05) is 30.3 Å². The smallest absolute Gasteiger partial charge is 0.416 e. The maximum Gasteiger partial charge on any atom is 0.416 e. The van der Waals surface area contributed by atoms with Gasteiger partial charge >= 0.3 is 6.18 Å². The quantitative estimate of drug-likeness (QED) is 0.640. The van der Waals surface area contributed by atoms with Crippen molar-refractivity contribution in [3.63, 3.8) is 0 Å². The summed E-state index contributed by atoms with van der Waals surface area (Å²) in [6.45, 7) is 7.47. The largest absolute Gasteiger partial charge is 0.486 e. The van der Waals surface area contributed by atoms with Crippen LogP contribution in [-0.4, -0.2) is 14.8 Å². The van der Waals surface area contributed by atoms with Crippen LogP contribution in [0.3, 0.4) is 0 Å². The molecule has 0 aliphatic rings. The van der Waals surface area contributed by atoms with Crippen LogP contribution < -0.4 is 9.72 Å². The van der Waals surface area contributed by atoms with Crippen LogP contribution in [0.4, 0.5) is 13.2 Å². The third-order valence-electron chi connectivity index (χ3n) is 3.69. The fraction of sp³-hybridized carbons (Fsp3) is 0.368. The summed E-state index contributed by atoms with van der Waals surface area (Å²) < 4.78 is 44.0. The molecule has 2 rings (SSSR count). The summed E-state index contributed by atoms with van der Waals surface area (Å²) in [4.78, 5) is 3.55. The highest BCUT2D eigenvalue weighted by Gasteiger charge is 2.30. The molecule has 0 saturated carbocycles. The molecule has 1 N–H and O–H groups in total. The van der Waals surface area contributed by atoms with Crippen LogP contribution in [0, 0.1) is 0 Å². The van der Waals surface area contributed by atoms with Crippen molar-refractivity contribution in [2.75, 3.05) is 6.54 Å². The van der Waals surface area contributed by atoms with E-state index in [0.717, 1.165) is 30.7 Å². The predicted molar refractivity (Wildman–Crippen MR) is 97.2 cm³/mol. The minimum atomic E-state index is -4.33. The molecule has 0 spiro atoms. The average Bonchev–Trinajstić information content (AvgIpc) is 2.53. The summed E-state index contributed by atoms with van der Waals surface area (Å²) >= 11 is 0. The summed E-state index contributed by atoms with van der Waals surface area (Å²) in [6.07, 6.45) is -3.80. The first-order chi connectivity index (χ1) is 11.6. The van der Waals surface area contributed by atoms with Crippen molar-refractivity contribution in [1.29, 1.82) is 0 Å². The van der Waals surface area contributed by atoms with Gasteiger partial charge in [-0.3, -0.25) is 0 Å². The van der Waals surface area contributed by atoms with E-state index in [1.54, 1.807) is 0 Å². The number of hydrogen-bond donors (Lipinski definition) is 1. The fourth-order valence-corrected chi connectivity index (χ4v) is 3.32. The van der Waals surface area contributed by atoms with Crippen LogP contribution in [0.25, 0.3) is 0 Å². The molecule has 0 fully saturated rings. The number of alkyl halides is 3. The predicted octanol–water partition coefficient (Wildman–Crippen LogP) is 5.64. The van der Waals surface area contributed by atoms with E-state index < -0.39 is 20.0 Å². The first-order valence-corrected chi connectivity index (χ1v) is 11.8. The van der Waals surface area contributed by atoms with Crippen molar-refractivity contribution in [1.82, 2.24) is 4.98 Å². The van der Waals surface area contributed by atoms with Crippen molar-refractivity contribution in [3.8, 4) is 5.75 Å². The molecule has 0 radical (unpaired) electrons. The average molecular weight is 367 g/mol. The normalized spacial score (nSPS) is 13.5. The van der Waals surface area contributed by atoms with E-state index >= 15 is 0 Å². The molecule has 2 aromatic carbocycles. The molecule has 2 aromatic rings. The van der Waals surface area contributed by atoms with Gasteiger partial charge in [0.2, 0.25) is 0 Å². The summed E-state index contributed by atoms with van der Waals surface area (Å²) in [7, 11) is -1.38. The minimum absolute atomic E-state index is 0.207. The molecule has 1 unspecified atom stereocenters. The molecule has 2 nitrogen and oxygen atoms in total. The van der Waals surface area contributed by atoms with Crippen LogP contribution in [0.15, 0.2) is 54.6 Å². The Morgan fingerprint density at radius 2 is 1.56 bits per heavy atom. The summed E-state index contributed by atoms with van der Waals surface area (Å²) in [5.41, 5.74) is 0.344. The Bertz CT molecular complexity index is 651. The highest BCUT2D eigenvalue weighted by molar-refractivity contribution is 6.73. The van der Waals surface area contributed by atoms with Crippen LogP contribution in [-0.2, 0) is 6.18 Å². The van der Waals surface area contributed by atoms with E-state index in [-0.39, 0.29) is 6.10 Å². The maximum atomic E-state index is 12.7. The SMILES string of the molecule is C[Si](C)(C)NCCC(Oc1ccc(C(F)(F)F)cc1)c1ccccc1. The summed E-state index contributed by atoms with van der Waals surface area (Å²) in [6, 6.07) is 14.6. The number of ether oxygens (including phenoxy) is 1. The second-order valence-corrected chi connectivity index (χ2v) is 11.9. The molecule has 0 aliphatic carbocycles. The van der Waals surface area contributed by atoms with Gasteiger partial charge in [-0.2, -0.15) is 13.2 Å². The van der Waals surface area contributed by atoms with Gasteiger partial charge in [0.05, 0.1) is 5.56 Å². The maximum absolute atomic E-state index is 12.7. The Labute approximate surface area is 148 Å². The lowest BCUT2D eigenvalue weighted by Gasteiger charge is -2.23. The molecule has 0 heterocycles. The molecule has 1 atom stereocenters. The van der Waals surface area contributed by atoms with Crippen molar-refractivity contribution < 1.29 is 17.9 Å². The second kappa shape index (κ2) is 8.06. The second-order valence-electron chi connectivity index (χ2n) is 7.00. The van der Waals surface area contributed by atoms with E-state index in [1.165, 1.54) is 12.1 Å². The van der Waals surface area contributed by atoms with Gasteiger partial charge < -0.3 is 9.72 Å². The van der Waals surface area contributed by atoms with Crippen molar-refractivity contribution in [2.24, 2.45) is 0 Å². The van der Waals surface area contributed by atoms with E-state index in [9.17, 15) is 13.2 Å². The Kier molecular flexibility index (Phi) is 6.29. The highest BCUT2D eigenvalue weighted by Crippen LogP contribution is 2.31. The van der Waals surface area contributed by atoms with Crippen molar-refractivity contribution in [3.05, 3.63) is 65.7 Å². The molecule has 0 saturated heterocycles. The van der Waals surface area contributed by atoms with Gasteiger partial charge in [0.1, 0.15) is 20.1 Å². The third kappa shape index (κ3) is 6.55. The molecule has 0 amide bonds. The summed E-state index contributed by atoms with van der Waals surface area (Å²) in [5, 5.41) is 0. The first kappa shape index (κ1) is 19.5. The topological polar surface area (TPSA) is 21.3 Å². The zero-order valence-electron chi connectivity index (χ0n) is 14.7. The summed E-state index contributed by atoms with van der Waals surface area (Å²) in [5.74, 6) is 0.440. The minimum Gasteiger partial charge on any atom is -0.486 e. The molecule has 25 heavy (non-hydrogen) atoms. The number of halogens is 3.